The summed E-state index contributed by atoms with van der Waals surface area (Å²) in [6.07, 6.45) is 5.48. The molecule has 158 valence electrons. The molecule has 2 N–H and O–H groups in total. The maximum atomic E-state index is 12.8. The Morgan fingerprint density at radius 3 is 2.83 bits per heavy atom. The lowest BCUT2D eigenvalue weighted by atomic mass is 10.0. The van der Waals surface area contributed by atoms with Crippen LogP contribution in [0.2, 0.25) is 0 Å². The molecule has 2 aromatic rings. The number of anilines is 1. The first-order valence-corrected chi connectivity index (χ1v) is 11.0. The minimum atomic E-state index is -0.755. The molecule has 1 aromatic heterocycles. The van der Waals surface area contributed by atoms with E-state index in [0.717, 1.165) is 35.7 Å². The van der Waals surface area contributed by atoms with Gasteiger partial charge in [0.15, 0.2) is 5.69 Å². The average molecular weight is 474 g/mol. The van der Waals surface area contributed by atoms with Gasteiger partial charge in [-0.3, -0.25) is 14.3 Å². The molecule has 1 fully saturated rings. The summed E-state index contributed by atoms with van der Waals surface area (Å²) in [6.45, 7) is 2.52. The van der Waals surface area contributed by atoms with Crippen LogP contribution in [0.5, 0.6) is 0 Å². The van der Waals surface area contributed by atoms with Gasteiger partial charge in [-0.1, -0.05) is 46.1 Å². The maximum absolute atomic E-state index is 12.8. The Morgan fingerprint density at radius 2 is 2.10 bits per heavy atom. The van der Waals surface area contributed by atoms with E-state index in [2.05, 4.69) is 36.8 Å². The van der Waals surface area contributed by atoms with Gasteiger partial charge in [0.2, 0.25) is 6.10 Å². The third kappa shape index (κ3) is 4.56. The monoisotopic (exact) mass is 473 g/mol. The summed E-state index contributed by atoms with van der Waals surface area (Å²) in [5, 5.41) is 14.2. The molecule has 2 aliphatic rings. The lowest BCUT2D eigenvalue weighted by molar-refractivity contribution is -0.125. The summed E-state index contributed by atoms with van der Waals surface area (Å²) in [5.41, 5.74) is 2.22. The number of nitrogens with zero attached hydrogens (tertiary/aromatic N) is 3. The maximum Gasteiger partial charge on any atom is 0.274 e. The molecule has 1 unspecified atom stereocenters. The first kappa shape index (κ1) is 20.6. The van der Waals surface area contributed by atoms with Gasteiger partial charge in [0.1, 0.15) is 0 Å². The highest BCUT2D eigenvalue weighted by Gasteiger charge is 2.31. The molecule has 0 spiro atoms. The van der Waals surface area contributed by atoms with Gasteiger partial charge >= 0.3 is 0 Å². The van der Waals surface area contributed by atoms with Crippen molar-refractivity contribution in [2.75, 3.05) is 5.32 Å². The van der Waals surface area contributed by atoms with E-state index in [4.69, 9.17) is 4.84 Å². The number of aryl methyl sites for hydroxylation is 1. The summed E-state index contributed by atoms with van der Waals surface area (Å²) in [6, 6.07) is 7.85. The summed E-state index contributed by atoms with van der Waals surface area (Å²) in [5.74, 6) is -0.614. The van der Waals surface area contributed by atoms with Crippen LogP contribution in [0.15, 0.2) is 40.1 Å². The number of benzene rings is 1. The van der Waals surface area contributed by atoms with Crippen molar-refractivity contribution in [1.82, 2.24) is 15.1 Å². The number of halogens is 1. The lowest BCUT2D eigenvalue weighted by Crippen LogP contribution is -2.34. The van der Waals surface area contributed by atoms with Crippen LogP contribution in [-0.2, 0) is 16.2 Å². The molecule has 8 nitrogen and oxygen atoms in total. The third-order valence-electron chi connectivity index (χ3n) is 5.37. The van der Waals surface area contributed by atoms with E-state index in [-0.39, 0.29) is 23.6 Å². The SMILES string of the molecule is CCn1cc(NC(=O)C2CC(c3cccc(Br)c3)=NO2)c(C(=O)NC2CCCC2)n1. The van der Waals surface area contributed by atoms with Crippen molar-refractivity contribution in [1.29, 1.82) is 0 Å². The smallest absolute Gasteiger partial charge is 0.274 e. The van der Waals surface area contributed by atoms with Crippen LogP contribution >= 0.6 is 15.9 Å². The number of carbonyl (C=O) groups is 2. The molecular weight excluding hydrogens is 450 g/mol. The van der Waals surface area contributed by atoms with Crippen molar-refractivity contribution in [3.05, 3.63) is 46.2 Å². The summed E-state index contributed by atoms with van der Waals surface area (Å²) >= 11 is 3.44. The van der Waals surface area contributed by atoms with Gasteiger partial charge in [0.25, 0.3) is 11.8 Å². The van der Waals surface area contributed by atoms with Crippen LogP contribution in [0.25, 0.3) is 0 Å². The molecule has 1 aromatic carbocycles. The van der Waals surface area contributed by atoms with E-state index in [9.17, 15) is 9.59 Å². The Hall–Kier alpha value is -2.68. The van der Waals surface area contributed by atoms with E-state index < -0.39 is 6.10 Å². The molecule has 1 atom stereocenters. The summed E-state index contributed by atoms with van der Waals surface area (Å²) in [7, 11) is 0. The van der Waals surface area contributed by atoms with Crippen molar-refractivity contribution in [3.8, 4) is 0 Å². The Balaban J connectivity index is 1.43. The number of carbonyl (C=O) groups excluding carboxylic acids is 2. The zero-order valence-electron chi connectivity index (χ0n) is 16.7. The number of oxime groups is 1. The number of amides is 2. The molecular formula is C21H24BrN5O3. The molecule has 0 radical (unpaired) electrons. The van der Waals surface area contributed by atoms with Gasteiger partial charge in [0, 0.05) is 35.2 Å². The Morgan fingerprint density at radius 1 is 1.30 bits per heavy atom. The van der Waals surface area contributed by atoms with Crippen LogP contribution in [0.3, 0.4) is 0 Å². The Kier molecular flexibility index (Phi) is 6.17. The van der Waals surface area contributed by atoms with Gasteiger partial charge in [-0.05, 0) is 31.9 Å². The van der Waals surface area contributed by atoms with Gasteiger partial charge in [-0.2, -0.15) is 5.10 Å². The topological polar surface area (TPSA) is 97.6 Å². The highest BCUT2D eigenvalue weighted by Crippen LogP contribution is 2.23. The molecule has 9 heteroatoms. The van der Waals surface area contributed by atoms with Gasteiger partial charge in [0.05, 0.1) is 11.4 Å². The highest BCUT2D eigenvalue weighted by molar-refractivity contribution is 9.10. The number of aromatic nitrogens is 2. The molecule has 1 aliphatic heterocycles. The van der Waals surface area contributed by atoms with E-state index in [0.29, 0.717) is 24.4 Å². The fourth-order valence-electron chi connectivity index (χ4n) is 3.74. The predicted octanol–water partition coefficient (Wildman–Crippen LogP) is 3.47. The number of nitrogens with one attached hydrogen (secondary N) is 2. The normalized spacial score (nSPS) is 18.7. The fourth-order valence-corrected chi connectivity index (χ4v) is 4.14. The standard InChI is InChI=1S/C21H24BrN5O3/c1-2-27-12-17(19(25-27)21(29)23-15-8-3-4-9-15)24-20(28)18-11-16(26-30-18)13-6-5-7-14(22)10-13/h5-7,10,12,15,18H,2-4,8-9,11H2,1H3,(H,23,29)(H,24,28). The van der Waals surface area contributed by atoms with E-state index in [1.807, 2.05) is 31.2 Å². The van der Waals surface area contributed by atoms with Crippen LogP contribution in [0.1, 0.15) is 55.1 Å². The minimum absolute atomic E-state index is 0.173. The number of rotatable bonds is 6. The quantitative estimate of drug-likeness (QED) is 0.670. The summed E-state index contributed by atoms with van der Waals surface area (Å²) in [4.78, 5) is 30.9. The molecule has 2 amide bonds. The molecule has 2 heterocycles. The van der Waals surface area contributed by atoms with Crippen LogP contribution in [0, 0.1) is 0 Å². The molecule has 1 aliphatic carbocycles. The van der Waals surface area contributed by atoms with Crippen LogP contribution in [-0.4, -0.2) is 39.5 Å². The first-order chi connectivity index (χ1) is 14.5. The highest BCUT2D eigenvalue weighted by atomic mass is 79.9. The summed E-state index contributed by atoms with van der Waals surface area (Å²) < 4.78 is 2.57. The molecule has 4 rings (SSSR count). The molecule has 0 bridgehead atoms. The first-order valence-electron chi connectivity index (χ1n) is 10.2. The van der Waals surface area contributed by atoms with Crippen molar-refractivity contribution in [3.63, 3.8) is 0 Å². The van der Waals surface area contributed by atoms with Crippen molar-refractivity contribution >= 4 is 39.1 Å². The largest absolute Gasteiger partial charge is 0.382 e. The second kappa shape index (κ2) is 8.99. The zero-order chi connectivity index (χ0) is 21.1. The second-order valence-electron chi connectivity index (χ2n) is 7.54. The van der Waals surface area contributed by atoms with Crippen molar-refractivity contribution in [2.24, 2.45) is 5.16 Å². The van der Waals surface area contributed by atoms with Crippen molar-refractivity contribution in [2.45, 2.75) is 57.7 Å². The second-order valence-corrected chi connectivity index (χ2v) is 8.45. The van der Waals surface area contributed by atoms with E-state index in [1.165, 1.54) is 0 Å². The zero-order valence-corrected chi connectivity index (χ0v) is 18.3. The van der Waals surface area contributed by atoms with Gasteiger partial charge in [-0.15, -0.1) is 0 Å². The van der Waals surface area contributed by atoms with Crippen LogP contribution < -0.4 is 10.6 Å². The van der Waals surface area contributed by atoms with Crippen molar-refractivity contribution < 1.29 is 14.4 Å². The van der Waals surface area contributed by atoms with E-state index in [1.54, 1.807) is 10.9 Å². The van der Waals surface area contributed by atoms with E-state index >= 15 is 0 Å². The van der Waals surface area contributed by atoms with Gasteiger partial charge < -0.3 is 15.5 Å². The molecule has 30 heavy (non-hydrogen) atoms. The minimum Gasteiger partial charge on any atom is -0.382 e. The lowest BCUT2D eigenvalue weighted by Gasteiger charge is -2.12. The molecule has 1 saturated carbocycles. The fraction of sp³-hybridized carbons (Fsp3) is 0.429. The number of hydrogen-bond acceptors (Lipinski definition) is 5. The average Bonchev–Trinajstić information content (AvgIpc) is 3.48. The predicted molar refractivity (Wildman–Crippen MR) is 116 cm³/mol. The van der Waals surface area contributed by atoms with Gasteiger partial charge in [-0.25, -0.2) is 0 Å². The Labute approximate surface area is 183 Å². The van der Waals surface area contributed by atoms with Crippen LogP contribution in [0.4, 0.5) is 5.69 Å². The number of hydrogen-bond donors (Lipinski definition) is 2. The molecule has 0 saturated heterocycles. The third-order valence-corrected chi connectivity index (χ3v) is 5.86. The Bertz CT molecular complexity index is 981.